The molecule has 1 aliphatic carbocycles. The van der Waals surface area contributed by atoms with Gasteiger partial charge < -0.3 is 0 Å². The number of Topliss-reactive ketones (excluding diaryl/α,β-unsaturated/α-hetero) is 2. The summed E-state index contributed by atoms with van der Waals surface area (Å²) in [6.45, 7) is 1.52. The van der Waals surface area contributed by atoms with Crippen LogP contribution in [-0.4, -0.2) is 11.6 Å². The smallest absolute Gasteiger partial charge is 0.159 e. The second-order valence-corrected chi connectivity index (χ2v) is 2.92. The molecule has 60 valence electrons. The molecule has 2 nitrogen and oxygen atoms in total. The maximum atomic E-state index is 11.1. The van der Waals surface area contributed by atoms with E-state index in [1.807, 2.05) is 6.08 Å². The summed E-state index contributed by atoms with van der Waals surface area (Å²) in [6, 6.07) is 0. The second kappa shape index (κ2) is 3.46. The topological polar surface area (TPSA) is 34.1 Å². The van der Waals surface area contributed by atoms with E-state index in [-0.39, 0.29) is 11.6 Å². The minimum Gasteiger partial charge on any atom is -0.300 e. The zero-order chi connectivity index (χ0) is 8.27. The number of allylic oxidation sites excluding steroid dienone is 2. The Bertz CT molecular complexity index is 214. The van der Waals surface area contributed by atoms with Crippen molar-refractivity contribution in [2.45, 2.75) is 32.6 Å². The molecule has 1 aliphatic rings. The number of carbonyl (C=O) groups is 2. The lowest BCUT2D eigenvalue weighted by atomic mass is 9.95. The van der Waals surface area contributed by atoms with Crippen LogP contribution in [0.25, 0.3) is 0 Å². The Morgan fingerprint density at radius 1 is 1.64 bits per heavy atom. The summed E-state index contributed by atoms with van der Waals surface area (Å²) < 4.78 is 0. The number of ketones is 2. The predicted octanol–water partition coefficient (Wildman–Crippen LogP) is 1.64. The van der Waals surface area contributed by atoms with Gasteiger partial charge in [0.25, 0.3) is 0 Å². The molecule has 0 aromatic carbocycles. The zero-order valence-corrected chi connectivity index (χ0v) is 6.72. The third kappa shape index (κ3) is 2.30. The van der Waals surface area contributed by atoms with Crippen LogP contribution in [0.5, 0.6) is 0 Å². The highest BCUT2D eigenvalue weighted by Crippen LogP contribution is 2.16. The summed E-state index contributed by atoms with van der Waals surface area (Å²) in [4.78, 5) is 21.8. The summed E-state index contributed by atoms with van der Waals surface area (Å²) in [6.07, 6.45) is 4.75. The fourth-order valence-corrected chi connectivity index (χ4v) is 1.25. The SMILES string of the molecule is CC(=O)CC1=CCCCC1=O. The van der Waals surface area contributed by atoms with Gasteiger partial charge >= 0.3 is 0 Å². The van der Waals surface area contributed by atoms with E-state index >= 15 is 0 Å². The maximum Gasteiger partial charge on any atom is 0.159 e. The summed E-state index contributed by atoms with van der Waals surface area (Å²) in [5.41, 5.74) is 0.726. The lowest BCUT2D eigenvalue weighted by Gasteiger charge is -2.09. The van der Waals surface area contributed by atoms with Crippen LogP contribution in [0.15, 0.2) is 11.6 Å². The van der Waals surface area contributed by atoms with Crippen LogP contribution < -0.4 is 0 Å². The van der Waals surface area contributed by atoms with Crippen molar-refractivity contribution in [1.82, 2.24) is 0 Å². The van der Waals surface area contributed by atoms with Crippen molar-refractivity contribution in [3.63, 3.8) is 0 Å². The Morgan fingerprint density at radius 3 is 2.91 bits per heavy atom. The van der Waals surface area contributed by atoms with Crippen LogP contribution in [0.3, 0.4) is 0 Å². The Labute approximate surface area is 66.3 Å². The van der Waals surface area contributed by atoms with Crippen molar-refractivity contribution in [3.05, 3.63) is 11.6 Å². The van der Waals surface area contributed by atoms with Gasteiger partial charge in [0.1, 0.15) is 5.78 Å². The molecule has 1 rings (SSSR count). The van der Waals surface area contributed by atoms with Gasteiger partial charge in [-0.25, -0.2) is 0 Å². The lowest BCUT2D eigenvalue weighted by molar-refractivity contribution is -0.120. The molecule has 0 atom stereocenters. The van der Waals surface area contributed by atoms with Gasteiger partial charge in [-0.2, -0.15) is 0 Å². The van der Waals surface area contributed by atoms with E-state index in [2.05, 4.69) is 0 Å². The highest BCUT2D eigenvalue weighted by atomic mass is 16.1. The van der Waals surface area contributed by atoms with E-state index in [0.29, 0.717) is 12.8 Å². The van der Waals surface area contributed by atoms with E-state index < -0.39 is 0 Å². The van der Waals surface area contributed by atoms with Crippen molar-refractivity contribution in [2.75, 3.05) is 0 Å². The van der Waals surface area contributed by atoms with E-state index in [1.54, 1.807) is 0 Å². The van der Waals surface area contributed by atoms with Crippen LogP contribution in [-0.2, 0) is 9.59 Å². The summed E-state index contributed by atoms with van der Waals surface area (Å²) in [5, 5.41) is 0. The molecule has 0 aliphatic heterocycles. The molecule has 0 aromatic heterocycles. The van der Waals surface area contributed by atoms with Crippen LogP contribution >= 0.6 is 0 Å². The van der Waals surface area contributed by atoms with Crippen molar-refractivity contribution in [3.8, 4) is 0 Å². The average Bonchev–Trinajstić information content (AvgIpc) is 1.93. The molecule has 0 saturated heterocycles. The first-order valence-corrected chi connectivity index (χ1v) is 3.92. The lowest BCUT2D eigenvalue weighted by Crippen LogP contribution is -2.09. The van der Waals surface area contributed by atoms with Crippen LogP contribution in [0.2, 0.25) is 0 Å². The fraction of sp³-hybridized carbons (Fsp3) is 0.556. The largest absolute Gasteiger partial charge is 0.300 e. The fourth-order valence-electron chi connectivity index (χ4n) is 1.25. The van der Waals surface area contributed by atoms with E-state index in [9.17, 15) is 9.59 Å². The molecule has 0 fully saturated rings. The minimum atomic E-state index is 0.0755. The molecular weight excluding hydrogens is 140 g/mol. The Kier molecular flexibility index (Phi) is 2.58. The van der Waals surface area contributed by atoms with Gasteiger partial charge in [-0.05, 0) is 25.3 Å². The summed E-state index contributed by atoms with van der Waals surface area (Å²) >= 11 is 0. The molecule has 0 unspecified atom stereocenters. The molecule has 0 heterocycles. The number of hydrogen-bond acceptors (Lipinski definition) is 2. The van der Waals surface area contributed by atoms with Gasteiger partial charge in [0, 0.05) is 12.8 Å². The molecular formula is C9H12O2. The molecule has 0 amide bonds. The van der Waals surface area contributed by atoms with Gasteiger partial charge in [-0.1, -0.05) is 6.08 Å². The van der Waals surface area contributed by atoms with Gasteiger partial charge in [0.05, 0.1) is 0 Å². The van der Waals surface area contributed by atoms with E-state index in [1.165, 1.54) is 6.92 Å². The van der Waals surface area contributed by atoms with E-state index in [4.69, 9.17) is 0 Å². The number of rotatable bonds is 2. The van der Waals surface area contributed by atoms with Crippen molar-refractivity contribution < 1.29 is 9.59 Å². The standard InChI is InChI=1S/C9H12O2/c1-7(10)6-8-4-2-3-5-9(8)11/h4H,2-3,5-6H2,1H3. The molecule has 0 aromatic rings. The average molecular weight is 152 g/mol. The summed E-state index contributed by atoms with van der Waals surface area (Å²) in [7, 11) is 0. The molecule has 0 N–H and O–H groups in total. The number of carbonyl (C=O) groups excluding carboxylic acids is 2. The molecule has 0 bridgehead atoms. The maximum absolute atomic E-state index is 11.1. The third-order valence-electron chi connectivity index (χ3n) is 1.80. The van der Waals surface area contributed by atoms with Crippen LogP contribution in [0.1, 0.15) is 32.6 Å². The third-order valence-corrected chi connectivity index (χ3v) is 1.80. The first-order valence-electron chi connectivity index (χ1n) is 3.92. The monoisotopic (exact) mass is 152 g/mol. The van der Waals surface area contributed by atoms with Crippen molar-refractivity contribution in [2.24, 2.45) is 0 Å². The molecule has 0 saturated carbocycles. The molecule has 0 spiro atoms. The predicted molar refractivity (Wildman–Crippen MR) is 42.2 cm³/mol. The normalized spacial score (nSPS) is 17.9. The summed E-state index contributed by atoms with van der Waals surface area (Å²) in [5.74, 6) is 0.234. The highest BCUT2D eigenvalue weighted by molar-refractivity contribution is 6.00. The van der Waals surface area contributed by atoms with Crippen LogP contribution in [0, 0.1) is 0 Å². The first-order chi connectivity index (χ1) is 5.20. The molecule has 0 radical (unpaired) electrons. The zero-order valence-electron chi connectivity index (χ0n) is 6.72. The minimum absolute atomic E-state index is 0.0755. The quantitative estimate of drug-likeness (QED) is 0.602. The van der Waals surface area contributed by atoms with Gasteiger partial charge in [-0.15, -0.1) is 0 Å². The molecule has 11 heavy (non-hydrogen) atoms. The van der Waals surface area contributed by atoms with Crippen molar-refractivity contribution in [1.29, 1.82) is 0 Å². The van der Waals surface area contributed by atoms with Gasteiger partial charge in [-0.3, -0.25) is 9.59 Å². The Morgan fingerprint density at radius 2 is 2.36 bits per heavy atom. The highest BCUT2D eigenvalue weighted by Gasteiger charge is 2.14. The Balaban J connectivity index is 2.61. The van der Waals surface area contributed by atoms with E-state index in [0.717, 1.165) is 18.4 Å². The first kappa shape index (κ1) is 8.18. The Hall–Kier alpha value is -0.920. The van der Waals surface area contributed by atoms with Crippen LogP contribution in [0.4, 0.5) is 0 Å². The second-order valence-electron chi connectivity index (χ2n) is 2.92. The molecule has 2 heteroatoms. The van der Waals surface area contributed by atoms with Gasteiger partial charge in [0.15, 0.2) is 5.78 Å². The van der Waals surface area contributed by atoms with Gasteiger partial charge in [0.2, 0.25) is 0 Å². The van der Waals surface area contributed by atoms with Crippen molar-refractivity contribution >= 4 is 11.6 Å². The number of hydrogen-bond donors (Lipinski definition) is 0.